The van der Waals surface area contributed by atoms with E-state index in [4.69, 9.17) is 4.74 Å². The van der Waals surface area contributed by atoms with Gasteiger partial charge in [0.25, 0.3) is 5.91 Å². The molecule has 2 amide bonds. The summed E-state index contributed by atoms with van der Waals surface area (Å²) in [5.74, 6) is -0.394. The Morgan fingerprint density at radius 3 is 2.62 bits per heavy atom. The van der Waals surface area contributed by atoms with Gasteiger partial charge < -0.3 is 10.1 Å². The fraction of sp³-hybridized carbons (Fsp3) is 0.391. The summed E-state index contributed by atoms with van der Waals surface area (Å²) < 4.78 is 33.1. The Kier molecular flexibility index (Phi) is 6.48. The number of carbonyl (C=O) groups excluding carboxylic acids is 2. The number of rotatable bonds is 6. The molecular formula is C23H27N3O5S. The van der Waals surface area contributed by atoms with E-state index < -0.39 is 15.9 Å². The maximum absolute atomic E-state index is 13.1. The average Bonchev–Trinajstić information content (AvgIpc) is 2.81. The SMILES string of the molecule is CCc1cccc(NC(=O)CN2C(=O)COc3ccc(S(=O)(=O)N4CCCCC4)cc32)c1. The summed E-state index contributed by atoms with van der Waals surface area (Å²) in [6, 6.07) is 12.0. The molecule has 1 N–H and O–H groups in total. The van der Waals surface area contributed by atoms with Crippen molar-refractivity contribution in [1.29, 1.82) is 0 Å². The van der Waals surface area contributed by atoms with Gasteiger partial charge in [0.05, 0.1) is 10.6 Å². The van der Waals surface area contributed by atoms with Gasteiger partial charge in [-0.1, -0.05) is 25.5 Å². The van der Waals surface area contributed by atoms with Crippen molar-refractivity contribution in [2.24, 2.45) is 0 Å². The first-order valence-corrected chi connectivity index (χ1v) is 12.3. The predicted molar refractivity (Wildman–Crippen MR) is 121 cm³/mol. The van der Waals surface area contributed by atoms with Crippen LogP contribution in [-0.2, 0) is 26.0 Å². The second-order valence-corrected chi connectivity index (χ2v) is 9.90. The number of benzene rings is 2. The van der Waals surface area contributed by atoms with Gasteiger partial charge in [0.1, 0.15) is 12.3 Å². The second kappa shape index (κ2) is 9.30. The number of hydrogen-bond acceptors (Lipinski definition) is 5. The molecule has 170 valence electrons. The number of nitrogens with one attached hydrogen (secondary N) is 1. The zero-order valence-electron chi connectivity index (χ0n) is 18.0. The van der Waals surface area contributed by atoms with E-state index in [1.54, 1.807) is 12.1 Å². The molecular weight excluding hydrogens is 430 g/mol. The van der Waals surface area contributed by atoms with Crippen LogP contribution in [0, 0.1) is 0 Å². The summed E-state index contributed by atoms with van der Waals surface area (Å²) in [6.45, 7) is 2.55. The smallest absolute Gasteiger partial charge is 0.265 e. The summed E-state index contributed by atoms with van der Waals surface area (Å²) in [6.07, 6.45) is 3.52. The first-order chi connectivity index (χ1) is 15.4. The van der Waals surface area contributed by atoms with Gasteiger partial charge >= 0.3 is 0 Å². The number of sulfonamides is 1. The van der Waals surface area contributed by atoms with Crippen LogP contribution in [0.5, 0.6) is 5.75 Å². The minimum Gasteiger partial charge on any atom is -0.482 e. The normalized spacial score (nSPS) is 16.9. The Hall–Kier alpha value is -2.91. The van der Waals surface area contributed by atoms with Gasteiger partial charge in [-0.05, 0) is 55.2 Å². The molecule has 2 aliphatic rings. The molecule has 1 fully saturated rings. The number of piperidine rings is 1. The molecule has 0 saturated carbocycles. The Balaban J connectivity index is 1.57. The highest BCUT2D eigenvalue weighted by Gasteiger charge is 2.31. The van der Waals surface area contributed by atoms with Gasteiger partial charge in [-0.3, -0.25) is 14.5 Å². The molecule has 4 rings (SSSR count). The molecule has 0 unspecified atom stereocenters. The fourth-order valence-electron chi connectivity index (χ4n) is 3.98. The van der Waals surface area contributed by atoms with Crippen molar-refractivity contribution in [1.82, 2.24) is 4.31 Å². The van der Waals surface area contributed by atoms with E-state index in [-0.39, 0.29) is 29.6 Å². The highest BCUT2D eigenvalue weighted by atomic mass is 32.2. The number of carbonyl (C=O) groups is 2. The van der Waals surface area contributed by atoms with Crippen LogP contribution in [0.4, 0.5) is 11.4 Å². The van der Waals surface area contributed by atoms with Gasteiger partial charge in [-0.25, -0.2) is 8.42 Å². The van der Waals surface area contributed by atoms with Crippen molar-refractivity contribution >= 4 is 33.2 Å². The molecule has 2 aliphatic heterocycles. The molecule has 2 aromatic rings. The topological polar surface area (TPSA) is 96.0 Å². The number of hydrogen-bond donors (Lipinski definition) is 1. The van der Waals surface area contributed by atoms with Crippen LogP contribution < -0.4 is 15.0 Å². The molecule has 2 heterocycles. The van der Waals surface area contributed by atoms with E-state index in [0.717, 1.165) is 31.2 Å². The number of aryl methyl sites for hydroxylation is 1. The molecule has 1 saturated heterocycles. The Labute approximate surface area is 188 Å². The van der Waals surface area contributed by atoms with Crippen LogP contribution in [0.1, 0.15) is 31.7 Å². The summed E-state index contributed by atoms with van der Waals surface area (Å²) >= 11 is 0. The van der Waals surface area contributed by atoms with Gasteiger partial charge in [-0.2, -0.15) is 4.31 Å². The highest BCUT2D eigenvalue weighted by Crippen LogP contribution is 2.35. The molecule has 0 atom stereocenters. The maximum Gasteiger partial charge on any atom is 0.265 e. The van der Waals surface area contributed by atoms with E-state index in [1.807, 2.05) is 25.1 Å². The monoisotopic (exact) mass is 457 g/mol. The van der Waals surface area contributed by atoms with Gasteiger partial charge in [0.15, 0.2) is 6.61 Å². The predicted octanol–water partition coefficient (Wildman–Crippen LogP) is 2.79. The first kappa shape index (κ1) is 22.3. The van der Waals surface area contributed by atoms with Crippen molar-refractivity contribution in [3.8, 4) is 5.75 Å². The highest BCUT2D eigenvalue weighted by molar-refractivity contribution is 7.89. The number of amides is 2. The minimum atomic E-state index is -3.68. The lowest BCUT2D eigenvalue weighted by Crippen LogP contribution is -2.43. The molecule has 0 aromatic heterocycles. The van der Waals surface area contributed by atoms with Crippen LogP contribution in [0.2, 0.25) is 0 Å². The fourth-order valence-corrected chi connectivity index (χ4v) is 5.52. The maximum atomic E-state index is 13.1. The van der Waals surface area contributed by atoms with Crippen molar-refractivity contribution in [3.05, 3.63) is 48.0 Å². The van der Waals surface area contributed by atoms with Crippen LogP contribution in [0.3, 0.4) is 0 Å². The summed E-state index contributed by atoms with van der Waals surface area (Å²) in [4.78, 5) is 26.6. The lowest BCUT2D eigenvalue weighted by atomic mass is 10.1. The Morgan fingerprint density at radius 1 is 1.09 bits per heavy atom. The number of ether oxygens (including phenoxy) is 1. The third kappa shape index (κ3) is 4.63. The van der Waals surface area contributed by atoms with Crippen LogP contribution in [0.25, 0.3) is 0 Å². The Bertz CT molecular complexity index is 1130. The number of anilines is 2. The summed E-state index contributed by atoms with van der Waals surface area (Å²) in [5, 5.41) is 2.81. The minimum absolute atomic E-state index is 0.0949. The molecule has 2 aromatic carbocycles. The van der Waals surface area contributed by atoms with Gasteiger partial charge in [0.2, 0.25) is 15.9 Å². The van der Waals surface area contributed by atoms with E-state index in [2.05, 4.69) is 5.32 Å². The number of nitrogens with zero attached hydrogens (tertiary/aromatic N) is 2. The average molecular weight is 458 g/mol. The molecule has 32 heavy (non-hydrogen) atoms. The molecule has 0 bridgehead atoms. The van der Waals surface area contributed by atoms with Crippen molar-refractivity contribution in [2.45, 2.75) is 37.5 Å². The van der Waals surface area contributed by atoms with Crippen LogP contribution in [0.15, 0.2) is 47.4 Å². The standard InChI is InChI=1S/C23H27N3O5S/c1-2-17-7-6-8-18(13-17)24-22(27)15-26-20-14-19(9-10-21(20)31-16-23(26)28)32(29,30)25-11-4-3-5-12-25/h6-10,13-14H,2-5,11-12,15-16H2,1H3,(H,24,27). The lowest BCUT2D eigenvalue weighted by Gasteiger charge is -2.30. The van der Waals surface area contributed by atoms with Crippen molar-refractivity contribution < 1.29 is 22.7 Å². The number of fused-ring (bicyclic) bond motifs is 1. The van der Waals surface area contributed by atoms with E-state index >= 15 is 0 Å². The van der Waals surface area contributed by atoms with Gasteiger partial charge in [0, 0.05) is 18.8 Å². The van der Waals surface area contributed by atoms with Crippen molar-refractivity contribution in [3.63, 3.8) is 0 Å². The van der Waals surface area contributed by atoms with Gasteiger partial charge in [-0.15, -0.1) is 0 Å². The first-order valence-electron chi connectivity index (χ1n) is 10.8. The van der Waals surface area contributed by atoms with E-state index in [0.29, 0.717) is 24.5 Å². The molecule has 8 nitrogen and oxygen atoms in total. The Morgan fingerprint density at radius 2 is 1.88 bits per heavy atom. The quantitative estimate of drug-likeness (QED) is 0.720. The second-order valence-electron chi connectivity index (χ2n) is 7.96. The van der Waals surface area contributed by atoms with Crippen molar-refractivity contribution in [2.75, 3.05) is 36.5 Å². The molecule has 0 radical (unpaired) electrons. The van der Waals surface area contributed by atoms with E-state index in [1.165, 1.54) is 21.3 Å². The molecule has 0 spiro atoms. The zero-order valence-corrected chi connectivity index (χ0v) is 18.9. The third-order valence-electron chi connectivity index (χ3n) is 5.75. The summed E-state index contributed by atoms with van der Waals surface area (Å²) in [5.41, 5.74) is 2.02. The molecule has 0 aliphatic carbocycles. The van der Waals surface area contributed by atoms with E-state index in [9.17, 15) is 18.0 Å². The largest absolute Gasteiger partial charge is 0.482 e. The third-order valence-corrected chi connectivity index (χ3v) is 7.64. The summed E-state index contributed by atoms with van der Waals surface area (Å²) in [7, 11) is -3.68. The zero-order chi connectivity index (χ0) is 22.7. The lowest BCUT2D eigenvalue weighted by molar-refractivity contribution is -0.123. The van der Waals surface area contributed by atoms with Crippen LogP contribution >= 0.6 is 0 Å². The van der Waals surface area contributed by atoms with Crippen LogP contribution in [-0.4, -0.2) is 50.8 Å². The molecule has 9 heteroatoms.